The molecule has 8 heteroatoms. The third-order valence-electron chi connectivity index (χ3n) is 4.46. The first kappa shape index (κ1) is 21.2. The van der Waals surface area contributed by atoms with Crippen LogP contribution >= 0.6 is 0 Å². The van der Waals surface area contributed by atoms with E-state index >= 15 is 0 Å². The van der Waals surface area contributed by atoms with Gasteiger partial charge >= 0.3 is 11.7 Å². The molecule has 1 heterocycles. The minimum atomic E-state index is -0.646. The van der Waals surface area contributed by atoms with Crippen LogP contribution in [0.25, 0.3) is 11.0 Å². The van der Waals surface area contributed by atoms with Crippen LogP contribution in [0, 0.1) is 0 Å². The van der Waals surface area contributed by atoms with Crippen LogP contribution in [0.1, 0.15) is 13.3 Å². The number of para-hydroxylation sites is 3. The van der Waals surface area contributed by atoms with Crippen LogP contribution in [0.15, 0.2) is 59.4 Å². The highest BCUT2D eigenvalue weighted by Gasteiger charge is 2.16. The number of nitrogens with one attached hydrogen (secondary N) is 1. The molecule has 158 valence electrons. The topological polar surface area (TPSA) is 91.6 Å². The average molecular weight is 411 g/mol. The van der Waals surface area contributed by atoms with Gasteiger partial charge in [-0.2, -0.15) is 0 Å². The van der Waals surface area contributed by atoms with E-state index in [0.717, 1.165) is 11.9 Å². The Labute approximate surface area is 174 Å². The van der Waals surface area contributed by atoms with E-state index in [4.69, 9.17) is 9.47 Å². The lowest BCUT2D eigenvalue weighted by molar-refractivity contribution is -0.149. The van der Waals surface area contributed by atoms with Crippen LogP contribution in [0.2, 0.25) is 0 Å². The molecule has 30 heavy (non-hydrogen) atoms. The Morgan fingerprint density at radius 2 is 1.63 bits per heavy atom. The van der Waals surface area contributed by atoms with Gasteiger partial charge in [0.1, 0.15) is 18.9 Å². The largest absolute Gasteiger partial charge is 0.492 e. The zero-order valence-electron chi connectivity index (χ0n) is 16.9. The highest BCUT2D eigenvalue weighted by Crippen LogP contribution is 2.13. The van der Waals surface area contributed by atoms with Gasteiger partial charge in [0, 0.05) is 6.54 Å². The van der Waals surface area contributed by atoms with E-state index in [1.807, 2.05) is 55.5 Å². The quantitative estimate of drug-likeness (QED) is 0.407. The molecule has 0 fully saturated rings. The second-order valence-electron chi connectivity index (χ2n) is 6.68. The number of nitrogens with zero attached hydrogens (tertiary/aromatic N) is 2. The Kier molecular flexibility index (Phi) is 7.26. The lowest BCUT2D eigenvalue weighted by Crippen LogP contribution is -2.33. The van der Waals surface area contributed by atoms with Crippen molar-refractivity contribution in [3.8, 4) is 5.75 Å². The summed E-state index contributed by atoms with van der Waals surface area (Å²) >= 11 is 0. The molecule has 0 aliphatic rings. The Morgan fingerprint density at radius 3 is 2.33 bits per heavy atom. The normalized spacial score (nSPS) is 10.7. The Bertz CT molecular complexity index is 1060. The number of carbonyl (C=O) groups is 2. The molecular formula is C22H25N3O5. The molecule has 1 N–H and O–H groups in total. The Hall–Kier alpha value is -3.55. The highest BCUT2D eigenvalue weighted by molar-refractivity contribution is 5.82. The van der Waals surface area contributed by atoms with Gasteiger partial charge in [-0.05, 0) is 30.7 Å². The number of carbonyl (C=O) groups excluding carboxylic acids is 2. The number of amides is 1. The van der Waals surface area contributed by atoms with Crippen LogP contribution < -0.4 is 15.7 Å². The summed E-state index contributed by atoms with van der Waals surface area (Å²) in [6.07, 6.45) is 0.798. The molecule has 0 bridgehead atoms. The van der Waals surface area contributed by atoms with Crippen LogP contribution in [0.5, 0.6) is 5.75 Å². The van der Waals surface area contributed by atoms with Gasteiger partial charge in [-0.3, -0.25) is 18.7 Å². The summed E-state index contributed by atoms with van der Waals surface area (Å²) < 4.78 is 13.5. The summed E-state index contributed by atoms with van der Waals surface area (Å²) in [5.74, 6) is -0.362. The molecule has 0 unspecified atom stereocenters. The third kappa shape index (κ3) is 5.28. The highest BCUT2D eigenvalue weighted by atomic mass is 16.5. The van der Waals surface area contributed by atoms with Gasteiger partial charge in [0.05, 0.1) is 17.6 Å². The number of esters is 1. The second-order valence-corrected chi connectivity index (χ2v) is 6.68. The molecule has 1 amide bonds. The first-order valence-corrected chi connectivity index (χ1v) is 9.88. The SMILES string of the molecule is CCCn1c(=O)n(CC(=O)OCC(=O)NCCOc2ccccc2)c2ccccc21. The number of hydrogen-bond acceptors (Lipinski definition) is 5. The molecule has 0 spiro atoms. The van der Waals surface area contributed by atoms with E-state index in [0.29, 0.717) is 24.4 Å². The lowest BCUT2D eigenvalue weighted by Gasteiger charge is -2.08. The molecule has 0 saturated carbocycles. The summed E-state index contributed by atoms with van der Waals surface area (Å²) in [6, 6.07) is 16.5. The van der Waals surface area contributed by atoms with E-state index in [2.05, 4.69) is 5.32 Å². The van der Waals surface area contributed by atoms with E-state index in [1.165, 1.54) is 4.57 Å². The predicted molar refractivity (Wildman–Crippen MR) is 112 cm³/mol. The molecule has 8 nitrogen and oxygen atoms in total. The fraction of sp³-hybridized carbons (Fsp3) is 0.318. The number of aromatic nitrogens is 2. The van der Waals surface area contributed by atoms with E-state index in [-0.39, 0.29) is 18.8 Å². The molecular weight excluding hydrogens is 386 g/mol. The van der Waals surface area contributed by atoms with Crippen molar-refractivity contribution in [2.24, 2.45) is 0 Å². The number of hydrogen-bond donors (Lipinski definition) is 1. The fourth-order valence-corrected chi connectivity index (χ4v) is 3.11. The molecule has 0 aliphatic heterocycles. The first-order chi connectivity index (χ1) is 14.6. The van der Waals surface area contributed by atoms with Crippen molar-refractivity contribution >= 4 is 22.9 Å². The molecule has 0 atom stereocenters. The van der Waals surface area contributed by atoms with Gasteiger partial charge < -0.3 is 14.8 Å². The fourth-order valence-electron chi connectivity index (χ4n) is 3.11. The molecule has 3 rings (SSSR count). The summed E-state index contributed by atoms with van der Waals surface area (Å²) in [6.45, 7) is 2.48. The van der Waals surface area contributed by atoms with Gasteiger partial charge in [0.15, 0.2) is 6.61 Å². The van der Waals surface area contributed by atoms with E-state index < -0.39 is 18.5 Å². The van der Waals surface area contributed by atoms with Crippen molar-refractivity contribution < 1.29 is 19.1 Å². The maximum Gasteiger partial charge on any atom is 0.329 e. The zero-order valence-corrected chi connectivity index (χ0v) is 16.9. The maximum atomic E-state index is 12.7. The van der Waals surface area contributed by atoms with Crippen LogP contribution in [-0.4, -0.2) is 40.8 Å². The van der Waals surface area contributed by atoms with Gasteiger partial charge in [0.25, 0.3) is 5.91 Å². The molecule has 1 aromatic heterocycles. The first-order valence-electron chi connectivity index (χ1n) is 9.88. The second kappa shape index (κ2) is 10.3. The van der Waals surface area contributed by atoms with Crippen molar-refractivity contribution in [3.63, 3.8) is 0 Å². The summed E-state index contributed by atoms with van der Waals surface area (Å²) in [5.41, 5.74) is 1.17. The molecule has 0 saturated heterocycles. The average Bonchev–Trinajstić information content (AvgIpc) is 3.02. The summed E-state index contributed by atoms with van der Waals surface area (Å²) in [5, 5.41) is 2.62. The maximum absolute atomic E-state index is 12.7. The minimum absolute atomic E-state index is 0.250. The summed E-state index contributed by atoms with van der Waals surface area (Å²) in [7, 11) is 0. The van der Waals surface area contributed by atoms with Crippen molar-refractivity contribution in [1.29, 1.82) is 0 Å². The standard InChI is InChI=1S/C22H25N3O5/c1-2-13-24-18-10-6-7-11-19(18)25(22(24)28)15-21(27)30-16-20(26)23-12-14-29-17-8-4-3-5-9-17/h3-11H,2,12-16H2,1H3,(H,23,26). The Balaban J connectivity index is 1.48. The number of fused-ring (bicyclic) bond motifs is 1. The minimum Gasteiger partial charge on any atom is -0.492 e. The number of benzene rings is 2. The smallest absolute Gasteiger partial charge is 0.329 e. The van der Waals surface area contributed by atoms with Crippen LogP contribution in [0.3, 0.4) is 0 Å². The van der Waals surface area contributed by atoms with Crippen molar-refractivity contribution in [2.75, 3.05) is 19.8 Å². The Morgan fingerprint density at radius 1 is 0.967 bits per heavy atom. The zero-order chi connectivity index (χ0) is 21.3. The van der Waals surface area contributed by atoms with Gasteiger partial charge in [0.2, 0.25) is 0 Å². The van der Waals surface area contributed by atoms with Gasteiger partial charge in [-0.15, -0.1) is 0 Å². The van der Waals surface area contributed by atoms with E-state index in [1.54, 1.807) is 10.6 Å². The van der Waals surface area contributed by atoms with Crippen LogP contribution in [-0.2, 0) is 27.4 Å². The summed E-state index contributed by atoms with van der Waals surface area (Å²) in [4.78, 5) is 36.7. The third-order valence-corrected chi connectivity index (χ3v) is 4.46. The molecule has 2 aromatic carbocycles. The number of ether oxygens (including phenoxy) is 2. The predicted octanol–water partition coefficient (Wildman–Crippen LogP) is 1.95. The van der Waals surface area contributed by atoms with Gasteiger partial charge in [-0.1, -0.05) is 37.3 Å². The van der Waals surface area contributed by atoms with Crippen molar-refractivity contribution in [1.82, 2.24) is 14.5 Å². The van der Waals surface area contributed by atoms with Gasteiger partial charge in [-0.25, -0.2) is 4.79 Å². The number of rotatable bonds is 10. The molecule has 0 radical (unpaired) electrons. The van der Waals surface area contributed by atoms with E-state index in [9.17, 15) is 14.4 Å². The molecule has 3 aromatic rings. The number of aryl methyl sites for hydroxylation is 1. The lowest BCUT2D eigenvalue weighted by atomic mass is 10.3. The van der Waals surface area contributed by atoms with Crippen molar-refractivity contribution in [3.05, 3.63) is 65.1 Å². The monoisotopic (exact) mass is 411 g/mol. The van der Waals surface area contributed by atoms with Crippen molar-refractivity contribution in [2.45, 2.75) is 26.4 Å². The molecule has 0 aliphatic carbocycles. The number of imidazole rings is 1. The van der Waals surface area contributed by atoms with Crippen LogP contribution in [0.4, 0.5) is 0 Å².